The molecule has 0 aromatic heterocycles. The summed E-state index contributed by atoms with van der Waals surface area (Å²) in [4.78, 5) is 16.6. The first-order valence-electron chi connectivity index (χ1n) is 13.6. The molecule has 1 fully saturated rings. The van der Waals surface area contributed by atoms with Gasteiger partial charge in [0.1, 0.15) is 12.4 Å². The van der Waals surface area contributed by atoms with Gasteiger partial charge in [-0.25, -0.2) is 4.99 Å². The third kappa shape index (κ3) is 10.0. The minimum atomic E-state index is -0.907. The molecule has 1 aliphatic carbocycles. The Bertz CT molecular complexity index is 945. The molecule has 12 heteroatoms. The third-order valence-corrected chi connectivity index (χ3v) is 7.38. The fourth-order valence-corrected chi connectivity index (χ4v) is 5.08. The number of anilines is 1. The summed E-state index contributed by atoms with van der Waals surface area (Å²) in [5.74, 6) is 0.563. The van der Waals surface area contributed by atoms with Crippen LogP contribution in [0, 0.1) is 11.8 Å². The van der Waals surface area contributed by atoms with E-state index in [9.17, 15) is 4.79 Å². The fraction of sp³-hybridized carbons (Fsp3) is 0.630. The number of ether oxygens (including phenoxy) is 4. The average molecular weight is 612 g/mol. The normalized spacial score (nSPS) is 22.8. The van der Waals surface area contributed by atoms with Crippen molar-refractivity contribution >= 4 is 33.9 Å². The van der Waals surface area contributed by atoms with Crippen molar-refractivity contribution in [3.8, 4) is 5.75 Å². The summed E-state index contributed by atoms with van der Waals surface area (Å²) in [6, 6.07) is 7.90. The molecular formula is C27H43BrN6O5. The highest BCUT2D eigenvalue weighted by Crippen LogP contribution is 2.38. The van der Waals surface area contributed by atoms with Crippen molar-refractivity contribution in [2.45, 2.75) is 38.0 Å². The molecule has 2 aliphatic rings. The van der Waals surface area contributed by atoms with Crippen LogP contribution < -0.4 is 31.7 Å². The van der Waals surface area contributed by atoms with Crippen LogP contribution in [0.15, 0.2) is 39.9 Å². The van der Waals surface area contributed by atoms with E-state index < -0.39 is 5.79 Å². The number of amides is 1. The van der Waals surface area contributed by atoms with Gasteiger partial charge in [-0.2, -0.15) is 0 Å². The number of carbonyl (C=O) groups excluding carboxylic acids is 1. The van der Waals surface area contributed by atoms with Crippen molar-refractivity contribution in [1.82, 2.24) is 16.0 Å². The summed E-state index contributed by atoms with van der Waals surface area (Å²) in [7, 11) is 1.70. The van der Waals surface area contributed by atoms with E-state index in [2.05, 4.69) is 44.1 Å². The zero-order valence-electron chi connectivity index (χ0n) is 22.9. The summed E-state index contributed by atoms with van der Waals surface area (Å²) in [6.45, 7) is 6.06. The van der Waals surface area contributed by atoms with E-state index in [-0.39, 0.29) is 17.9 Å². The number of hydrogen-bond donors (Lipinski definition) is 5. The van der Waals surface area contributed by atoms with E-state index in [1.807, 2.05) is 30.5 Å². The molecule has 3 rings (SSSR count). The number of nitrogens with one attached hydrogen (secondary N) is 4. The monoisotopic (exact) mass is 610 g/mol. The second-order valence-electron chi connectivity index (χ2n) is 9.65. The van der Waals surface area contributed by atoms with Crippen LogP contribution in [-0.4, -0.2) is 83.9 Å². The Balaban J connectivity index is 1.48. The summed E-state index contributed by atoms with van der Waals surface area (Å²) >= 11 is 3.69. The van der Waals surface area contributed by atoms with Gasteiger partial charge in [-0.15, -0.1) is 0 Å². The predicted molar refractivity (Wildman–Crippen MR) is 156 cm³/mol. The topological polar surface area (TPSA) is 140 Å². The quantitative estimate of drug-likeness (QED) is 0.118. The van der Waals surface area contributed by atoms with Gasteiger partial charge in [0.15, 0.2) is 0 Å². The summed E-state index contributed by atoms with van der Waals surface area (Å²) in [5, 5.41) is 13.0. The van der Waals surface area contributed by atoms with Crippen LogP contribution in [0.5, 0.6) is 5.75 Å². The molecule has 39 heavy (non-hydrogen) atoms. The lowest BCUT2D eigenvalue weighted by molar-refractivity contribution is -0.128. The second-order valence-corrected chi connectivity index (χ2v) is 10.5. The highest BCUT2D eigenvalue weighted by atomic mass is 79.9. The van der Waals surface area contributed by atoms with Gasteiger partial charge in [0, 0.05) is 31.8 Å². The number of para-hydroxylation sites is 2. The van der Waals surface area contributed by atoms with Gasteiger partial charge in [-0.05, 0) is 60.2 Å². The number of aliphatic imine (C=N–C) groups is 1. The number of nitrogens with two attached hydrogens (primary N) is 1. The summed E-state index contributed by atoms with van der Waals surface area (Å²) < 4.78 is 23.2. The maximum Gasteiger partial charge on any atom is 0.222 e. The number of benzene rings is 1. The summed E-state index contributed by atoms with van der Waals surface area (Å²) in [5.41, 5.74) is 6.17. The van der Waals surface area contributed by atoms with Crippen molar-refractivity contribution < 1.29 is 23.7 Å². The highest BCUT2D eigenvalue weighted by molar-refractivity contribution is 9.11. The zero-order chi connectivity index (χ0) is 27.9. The van der Waals surface area contributed by atoms with Crippen molar-refractivity contribution in [3.63, 3.8) is 0 Å². The van der Waals surface area contributed by atoms with E-state index in [0.29, 0.717) is 64.5 Å². The lowest BCUT2D eigenvalue weighted by Gasteiger charge is -2.40. The van der Waals surface area contributed by atoms with Crippen LogP contribution in [0.4, 0.5) is 5.69 Å². The Morgan fingerprint density at radius 1 is 1.13 bits per heavy atom. The fourth-order valence-electron chi connectivity index (χ4n) is 4.63. The molecule has 2 atom stereocenters. The zero-order valence-corrected chi connectivity index (χ0v) is 24.5. The Morgan fingerprint density at radius 2 is 1.79 bits per heavy atom. The second kappa shape index (κ2) is 16.8. The number of nitrogens with zero attached hydrogens (tertiary/aromatic N) is 1. The lowest BCUT2D eigenvalue weighted by Crippen LogP contribution is -2.56. The molecular weight excluding hydrogens is 568 g/mol. The Labute approximate surface area is 239 Å². The average Bonchev–Trinajstić information content (AvgIpc) is 2.91. The first-order chi connectivity index (χ1) is 19.0. The van der Waals surface area contributed by atoms with Gasteiger partial charge in [0.2, 0.25) is 11.7 Å². The molecule has 0 saturated heterocycles. The van der Waals surface area contributed by atoms with E-state index in [1.165, 1.54) is 0 Å². The molecule has 1 aromatic carbocycles. The van der Waals surface area contributed by atoms with Gasteiger partial charge < -0.3 is 40.6 Å². The van der Waals surface area contributed by atoms with Crippen molar-refractivity contribution in [1.29, 1.82) is 0 Å². The molecule has 1 amide bonds. The molecule has 11 nitrogen and oxygen atoms in total. The van der Waals surface area contributed by atoms with Crippen LogP contribution in [0.1, 0.15) is 26.2 Å². The van der Waals surface area contributed by atoms with Crippen LogP contribution in [0.25, 0.3) is 0 Å². The number of carbonyl (C=O) groups is 1. The van der Waals surface area contributed by atoms with Gasteiger partial charge in [0.25, 0.3) is 0 Å². The number of hydrogen-bond acceptors (Lipinski definition) is 10. The van der Waals surface area contributed by atoms with E-state index in [0.717, 1.165) is 29.4 Å². The molecule has 1 aromatic rings. The largest absolute Gasteiger partial charge is 0.489 e. The van der Waals surface area contributed by atoms with Crippen LogP contribution >= 0.6 is 15.9 Å². The Kier molecular flexibility index (Phi) is 13.5. The van der Waals surface area contributed by atoms with Crippen LogP contribution in [-0.2, 0) is 19.0 Å². The molecule has 2 unspecified atom stereocenters. The van der Waals surface area contributed by atoms with E-state index in [1.54, 1.807) is 13.4 Å². The molecule has 1 saturated carbocycles. The van der Waals surface area contributed by atoms with Gasteiger partial charge in [-0.1, -0.05) is 12.1 Å². The molecule has 1 aliphatic heterocycles. The van der Waals surface area contributed by atoms with E-state index in [4.69, 9.17) is 29.7 Å². The summed E-state index contributed by atoms with van der Waals surface area (Å²) in [6.07, 6.45) is 6.30. The van der Waals surface area contributed by atoms with Crippen LogP contribution in [0.2, 0.25) is 0 Å². The lowest BCUT2D eigenvalue weighted by atomic mass is 9.71. The first-order valence-corrected chi connectivity index (χ1v) is 14.3. The standard InChI is InChI=1S/C27H43BrN6O5/c1-20(15-21-16-22(17-21)26(35)30-2)33-27(25(28)18-31-19-32-27)34-23-5-3-4-6-24(23)39-14-13-38-12-11-37-10-9-36-8-7-29/h3-6,18-22,33-34H,7-17,29H2,1-2H3,(H,30,35)(H,31,32). The maximum absolute atomic E-state index is 11.9. The third-order valence-electron chi connectivity index (χ3n) is 6.58. The van der Waals surface area contributed by atoms with Gasteiger partial charge >= 0.3 is 0 Å². The van der Waals surface area contributed by atoms with Crippen molar-refractivity contribution in [2.75, 3.05) is 65.2 Å². The Hall–Kier alpha value is -2.22. The van der Waals surface area contributed by atoms with Gasteiger partial charge in [-0.3, -0.25) is 10.1 Å². The van der Waals surface area contributed by atoms with Crippen molar-refractivity contribution in [2.24, 2.45) is 22.6 Å². The molecule has 0 radical (unpaired) electrons. The molecule has 0 spiro atoms. The molecule has 1 heterocycles. The molecule has 218 valence electrons. The number of halogens is 1. The molecule has 0 bridgehead atoms. The van der Waals surface area contributed by atoms with Crippen LogP contribution in [0.3, 0.4) is 0 Å². The SMILES string of the molecule is CNC(=O)C1CC(CC(C)NC2(Nc3ccccc3OCCOCCOCCOCCN)N=CNC=C2Br)C1. The Morgan fingerprint density at radius 3 is 2.46 bits per heavy atom. The first kappa shape index (κ1) is 31.3. The molecule has 6 N–H and O–H groups in total. The van der Waals surface area contributed by atoms with E-state index >= 15 is 0 Å². The number of rotatable bonds is 19. The minimum Gasteiger partial charge on any atom is -0.489 e. The smallest absolute Gasteiger partial charge is 0.222 e. The van der Waals surface area contributed by atoms with Crippen molar-refractivity contribution in [3.05, 3.63) is 34.9 Å². The highest BCUT2D eigenvalue weighted by Gasteiger charge is 2.39. The van der Waals surface area contributed by atoms with Gasteiger partial charge in [0.05, 0.1) is 56.1 Å². The maximum atomic E-state index is 11.9. The predicted octanol–water partition coefficient (Wildman–Crippen LogP) is 2.15. The minimum absolute atomic E-state index is 0.129.